The Morgan fingerprint density at radius 1 is 1.03 bits per heavy atom. The summed E-state index contributed by atoms with van der Waals surface area (Å²) in [6, 6.07) is 11.8. The first-order valence-electron chi connectivity index (χ1n) is 9.29. The number of thiazole rings is 1. The molecule has 31 heavy (non-hydrogen) atoms. The van der Waals surface area contributed by atoms with E-state index in [4.69, 9.17) is 11.6 Å². The van der Waals surface area contributed by atoms with Crippen molar-refractivity contribution >= 4 is 57.2 Å². The van der Waals surface area contributed by atoms with Crippen molar-refractivity contribution in [2.75, 3.05) is 15.5 Å². The van der Waals surface area contributed by atoms with E-state index in [0.717, 1.165) is 16.0 Å². The van der Waals surface area contributed by atoms with Crippen LogP contribution in [0.25, 0.3) is 0 Å². The maximum Gasteiger partial charge on any atom is 0.283 e. The molecule has 0 spiro atoms. The Bertz CT molecular complexity index is 1220. The lowest BCUT2D eigenvalue weighted by Gasteiger charge is -2.16. The predicted molar refractivity (Wildman–Crippen MR) is 121 cm³/mol. The summed E-state index contributed by atoms with van der Waals surface area (Å²) in [6.07, 6.45) is 1.60. The molecule has 1 aliphatic rings. The molecule has 3 amide bonds. The third-order valence-electron chi connectivity index (χ3n) is 4.85. The Hall–Kier alpha value is -3.49. The van der Waals surface area contributed by atoms with Gasteiger partial charge in [0.25, 0.3) is 17.7 Å². The van der Waals surface area contributed by atoms with Crippen molar-refractivity contribution in [2.45, 2.75) is 13.8 Å². The summed E-state index contributed by atoms with van der Waals surface area (Å²) >= 11 is 7.51. The van der Waals surface area contributed by atoms with Crippen molar-refractivity contribution in [3.63, 3.8) is 0 Å². The lowest BCUT2D eigenvalue weighted by molar-refractivity contribution is -0.120. The van der Waals surface area contributed by atoms with Gasteiger partial charge in [-0.1, -0.05) is 17.7 Å². The number of amides is 3. The summed E-state index contributed by atoms with van der Waals surface area (Å²) in [4.78, 5) is 42.9. The van der Waals surface area contributed by atoms with Gasteiger partial charge in [-0.2, -0.15) is 0 Å². The molecule has 0 bridgehead atoms. The zero-order valence-corrected chi connectivity index (χ0v) is 18.2. The van der Waals surface area contributed by atoms with Gasteiger partial charge < -0.3 is 5.32 Å². The summed E-state index contributed by atoms with van der Waals surface area (Å²) in [6.45, 7) is 3.86. The third kappa shape index (κ3) is 4.08. The number of anilines is 3. The molecule has 3 aromatic rings. The Balaban J connectivity index is 1.50. The highest BCUT2D eigenvalue weighted by Gasteiger charge is 2.39. The Kier molecular flexibility index (Phi) is 5.58. The normalized spacial score (nSPS) is 13.7. The van der Waals surface area contributed by atoms with Gasteiger partial charge >= 0.3 is 0 Å². The monoisotopic (exact) mass is 452 g/mol. The predicted octanol–water partition coefficient (Wildman–Crippen LogP) is 4.45. The highest BCUT2D eigenvalue weighted by atomic mass is 35.5. The van der Waals surface area contributed by atoms with Gasteiger partial charge in [0.2, 0.25) is 0 Å². The van der Waals surface area contributed by atoms with Gasteiger partial charge in [-0.25, -0.2) is 9.88 Å². The second kappa shape index (κ2) is 8.33. The molecule has 0 fully saturated rings. The number of imide groups is 1. The molecule has 1 aromatic heterocycles. The van der Waals surface area contributed by atoms with Crippen LogP contribution in [-0.4, -0.2) is 22.7 Å². The van der Waals surface area contributed by atoms with Crippen molar-refractivity contribution in [3.05, 3.63) is 81.5 Å². The quantitative estimate of drug-likeness (QED) is 0.558. The first-order valence-corrected chi connectivity index (χ1v) is 10.5. The van der Waals surface area contributed by atoms with Crippen molar-refractivity contribution in [1.82, 2.24) is 4.98 Å². The van der Waals surface area contributed by atoms with Crippen LogP contribution in [0.1, 0.15) is 21.5 Å². The average molecular weight is 453 g/mol. The lowest BCUT2D eigenvalue weighted by Crippen LogP contribution is -2.32. The first-order chi connectivity index (χ1) is 14.8. The highest BCUT2D eigenvalue weighted by Crippen LogP contribution is 2.31. The first kappa shape index (κ1) is 20.8. The van der Waals surface area contributed by atoms with Crippen LogP contribution in [0.3, 0.4) is 0 Å². The second-order valence-electron chi connectivity index (χ2n) is 6.90. The van der Waals surface area contributed by atoms with E-state index in [0.29, 0.717) is 22.1 Å². The maximum atomic E-state index is 12.9. The zero-order chi connectivity index (χ0) is 22.1. The number of nitrogens with one attached hydrogen (secondary N) is 2. The molecular weight excluding hydrogens is 436 g/mol. The summed E-state index contributed by atoms with van der Waals surface area (Å²) in [7, 11) is 0. The van der Waals surface area contributed by atoms with E-state index in [1.54, 1.807) is 48.0 Å². The molecule has 2 heterocycles. The molecule has 9 heteroatoms. The Labute approximate surface area is 187 Å². The van der Waals surface area contributed by atoms with E-state index in [1.165, 1.54) is 11.3 Å². The number of hydrogen-bond donors (Lipinski definition) is 2. The zero-order valence-electron chi connectivity index (χ0n) is 16.6. The average Bonchev–Trinajstić information content (AvgIpc) is 3.33. The molecule has 0 aliphatic carbocycles. The highest BCUT2D eigenvalue weighted by molar-refractivity contribution is 7.13. The molecule has 0 saturated carbocycles. The van der Waals surface area contributed by atoms with Crippen LogP contribution in [0.2, 0.25) is 0 Å². The van der Waals surface area contributed by atoms with Gasteiger partial charge in [-0.15, -0.1) is 11.3 Å². The Morgan fingerprint density at radius 2 is 1.77 bits per heavy atom. The molecule has 0 atom stereocenters. The minimum atomic E-state index is -0.586. The number of hydrogen-bond acceptors (Lipinski definition) is 6. The minimum Gasteiger partial charge on any atom is -0.350 e. The van der Waals surface area contributed by atoms with E-state index in [1.807, 2.05) is 19.9 Å². The summed E-state index contributed by atoms with van der Waals surface area (Å²) < 4.78 is 0. The number of rotatable bonds is 5. The van der Waals surface area contributed by atoms with Gasteiger partial charge in [0.05, 0.1) is 5.69 Å². The molecular formula is C22H17ClN4O3S. The molecule has 156 valence electrons. The fraction of sp³-hybridized carbons (Fsp3) is 0.0909. The number of halogens is 1. The maximum absolute atomic E-state index is 12.9. The molecule has 0 saturated heterocycles. The van der Waals surface area contributed by atoms with Gasteiger partial charge in [-0.05, 0) is 61.4 Å². The van der Waals surface area contributed by atoms with E-state index in [-0.39, 0.29) is 16.6 Å². The molecule has 7 nitrogen and oxygen atoms in total. The fourth-order valence-corrected chi connectivity index (χ4v) is 3.75. The van der Waals surface area contributed by atoms with Gasteiger partial charge in [0.1, 0.15) is 10.7 Å². The van der Waals surface area contributed by atoms with Crippen molar-refractivity contribution in [2.24, 2.45) is 0 Å². The van der Waals surface area contributed by atoms with Crippen LogP contribution in [0.4, 0.5) is 16.5 Å². The number of nitrogens with zero attached hydrogens (tertiary/aromatic N) is 2. The van der Waals surface area contributed by atoms with Crippen LogP contribution in [0.15, 0.2) is 64.8 Å². The van der Waals surface area contributed by atoms with Gasteiger partial charge in [-0.3, -0.25) is 19.7 Å². The number of benzene rings is 2. The molecule has 0 radical (unpaired) electrons. The standard InChI is InChI=1S/C22H17ClN4O3S/c1-12-3-8-16(11-13(12)2)27-20(29)17(23)18(21(27)30)25-15-6-4-14(5-7-15)19(28)26-22-24-9-10-31-22/h3-11,25H,1-2H3,(H,24,26,28). The van der Waals surface area contributed by atoms with E-state index >= 15 is 0 Å². The van der Waals surface area contributed by atoms with Crippen molar-refractivity contribution in [1.29, 1.82) is 0 Å². The van der Waals surface area contributed by atoms with Crippen LogP contribution >= 0.6 is 22.9 Å². The number of aryl methyl sites for hydroxylation is 2. The minimum absolute atomic E-state index is 0.00937. The van der Waals surface area contributed by atoms with Crippen LogP contribution < -0.4 is 15.5 Å². The third-order valence-corrected chi connectivity index (χ3v) is 5.88. The SMILES string of the molecule is Cc1ccc(N2C(=O)C(Cl)=C(Nc3ccc(C(=O)Nc4nccs4)cc3)C2=O)cc1C. The Morgan fingerprint density at radius 3 is 2.42 bits per heavy atom. The van der Waals surface area contributed by atoms with Crippen molar-refractivity contribution in [3.8, 4) is 0 Å². The molecule has 0 unspecified atom stereocenters. The second-order valence-corrected chi connectivity index (χ2v) is 8.17. The van der Waals surface area contributed by atoms with Gasteiger partial charge in [0.15, 0.2) is 5.13 Å². The number of carbonyl (C=O) groups is 3. The number of aromatic nitrogens is 1. The van der Waals surface area contributed by atoms with Crippen LogP contribution in [0, 0.1) is 13.8 Å². The lowest BCUT2D eigenvalue weighted by atomic mass is 10.1. The van der Waals surface area contributed by atoms with E-state index in [9.17, 15) is 14.4 Å². The molecule has 1 aliphatic heterocycles. The summed E-state index contributed by atoms with van der Waals surface area (Å²) in [5.41, 5.74) is 3.40. The summed E-state index contributed by atoms with van der Waals surface area (Å²) in [5.74, 6) is -1.42. The molecule has 4 rings (SSSR count). The number of carbonyl (C=O) groups excluding carboxylic acids is 3. The molecule has 2 N–H and O–H groups in total. The fourth-order valence-electron chi connectivity index (χ4n) is 3.01. The smallest absolute Gasteiger partial charge is 0.283 e. The van der Waals surface area contributed by atoms with Crippen LogP contribution in [-0.2, 0) is 9.59 Å². The van der Waals surface area contributed by atoms with Crippen molar-refractivity contribution < 1.29 is 14.4 Å². The van der Waals surface area contributed by atoms with E-state index in [2.05, 4.69) is 15.6 Å². The largest absolute Gasteiger partial charge is 0.350 e. The summed E-state index contributed by atoms with van der Waals surface area (Å²) in [5, 5.41) is 7.68. The van der Waals surface area contributed by atoms with Gasteiger partial charge in [0, 0.05) is 22.8 Å². The van der Waals surface area contributed by atoms with E-state index < -0.39 is 11.8 Å². The topological polar surface area (TPSA) is 91.4 Å². The van der Waals surface area contributed by atoms with Crippen LogP contribution in [0.5, 0.6) is 0 Å². The molecule has 2 aromatic carbocycles.